The average Bonchev–Trinajstić information content (AvgIpc) is 2.57. The van der Waals surface area contributed by atoms with E-state index in [2.05, 4.69) is 40.4 Å². The lowest BCUT2D eigenvalue weighted by Gasteiger charge is -2.38. The molecule has 1 atom stereocenters. The van der Waals surface area contributed by atoms with Crippen molar-refractivity contribution in [3.63, 3.8) is 0 Å². The zero-order chi connectivity index (χ0) is 10.8. The van der Waals surface area contributed by atoms with Crippen LogP contribution >= 0.6 is 0 Å². The van der Waals surface area contributed by atoms with Crippen LogP contribution in [-0.4, -0.2) is 52.1 Å². The summed E-state index contributed by atoms with van der Waals surface area (Å²) in [6, 6.07) is 0.638. The van der Waals surface area contributed by atoms with Crippen molar-refractivity contribution in [2.75, 3.05) is 26.7 Å². The van der Waals surface area contributed by atoms with E-state index >= 15 is 0 Å². The van der Waals surface area contributed by atoms with Gasteiger partial charge in [0.2, 0.25) is 0 Å². The van der Waals surface area contributed by atoms with Gasteiger partial charge in [-0.25, -0.2) is 4.98 Å². The molecule has 1 aliphatic rings. The van der Waals surface area contributed by atoms with Gasteiger partial charge in [-0.05, 0) is 14.0 Å². The Morgan fingerprint density at radius 3 is 2.80 bits per heavy atom. The zero-order valence-corrected chi connectivity index (χ0v) is 9.85. The van der Waals surface area contributed by atoms with Crippen molar-refractivity contribution in [3.8, 4) is 0 Å². The summed E-state index contributed by atoms with van der Waals surface area (Å²) in [5.74, 6) is 0. The van der Waals surface area contributed by atoms with Crippen molar-refractivity contribution in [1.29, 1.82) is 0 Å². The van der Waals surface area contributed by atoms with Gasteiger partial charge in [-0.15, -0.1) is 0 Å². The standard InChI is InChI=1S/C11H20N4/c1-10-7-13(2)4-5-15(10)8-11-6-12-9-14(11)3/h6,9-10H,4-5,7-8H2,1-3H3. The lowest BCUT2D eigenvalue weighted by Crippen LogP contribution is -2.49. The predicted octanol–water partition coefficient (Wildman–Crippen LogP) is 0.556. The Labute approximate surface area is 91.5 Å². The second-order valence-corrected chi connectivity index (χ2v) is 4.58. The van der Waals surface area contributed by atoms with Gasteiger partial charge in [-0.1, -0.05) is 0 Å². The number of piperazine rings is 1. The Kier molecular flexibility index (Phi) is 3.07. The molecule has 0 N–H and O–H groups in total. The van der Waals surface area contributed by atoms with E-state index in [1.807, 2.05) is 12.5 Å². The number of aromatic nitrogens is 2. The monoisotopic (exact) mass is 208 g/mol. The molecule has 1 saturated heterocycles. The van der Waals surface area contributed by atoms with Crippen LogP contribution in [0.2, 0.25) is 0 Å². The van der Waals surface area contributed by atoms with Gasteiger partial charge < -0.3 is 9.47 Å². The van der Waals surface area contributed by atoms with E-state index in [0.717, 1.165) is 19.6 Å². The van der Waals surface area contributed by atoms with Gasteiger partial charge in [0.25, 0.3) is 0 Å². The molecule has 4 nitrogen and oxygen atoms in total. The fourth-order valence-electron chi connectivity index (χ4n) is 2.16. The van der Waals surface area contributed by atoms with Crippen molar-refractivity contribution < 1.29 is 0 Å². The summed E-state index contributed by atoms with van der Waals surface area (Å²) >= 11 is 0. The van der Waals surface area contributed by atoms with Gasteiger partial charge in [0.05, 0.1) is 12.0 Å². The molecule has 1 aliphatic heterocycles. The van der Waals surface area contributed by atoms with Crippen LogP contribution in [0.3, 0.4) is 0 Å². The van der Waals surface area contributed by atoms with Gasteiger partial charge in [0.15, 0.2) is 0 Å². The zero-order valence-electron chi connectivity index (χ0n) is 9.85. The van der Waals surface area contributed by atoms with Gasteiger partial charge in [-0.3, -0.25) is 4.90 Å². The van der Waals surface area contributed by atoms with Crippen LogP contribution in [0.15, 0.2) is 12.5 Å². The first-order valence-electron chi connectivity index (χ1n) is 5.54. The third-order valence-electron chi connectivity index (χ3n) is 3.25. The van der Waals surface area contributed by atoms with E-state index < -0.39 is 0 Å². The second kappa shape index (κ2) is 4.33. The Bertz CT molecular complexity index is 320. The Hall–Kier alpha value is -0.870. The number of hydrogen-bond donors (Lipinski definition) is 0. The molecule has 0 aromatic carbocycles. The van der Waals surface area contributed by atoms with Crippen molar-refractivity contribution in [3.05, 3.63) is 18.2 Å². The maximum atomic E-state index is 4.15. The van der Waals surface area contributed by atoms with E-state index in [4.69, 9.17) is 0 Å². The maximum absolute atomic E-state index is 4.15. The number of rotatable bonds is 2. The molecule has 1 unspecified atom stereocenters. The molecular formula is C11H20N4. The minimum atomic E-state index is 0.638. The normalized spacial score (nSPS) is 24.6. The fourth-order valence-corrected chi connectivity index (χ4v) is 2.16. The molecular weight excluding hydrogens is 188 g/mol. The molecule has 1 aromatic rings. The third-order valence-corrected chi connectivity index (χ3v) is 3.25. The molecule has 15 heavy (non-hydrogen) atoms. The Balaban J connectivity index is 1.98. The minimum Gasteiger partial charge on any atom is -0.337 e. The number of nitrogens with zero attached hydrogens (tertiary/aromatic N) is 4. The summed E-state index contributed by atoms with van der Waals surface area (Å²) in [7, 11) is 4.25. The number of likely N-dealkylation sites (N-methyl/N-ethyl adjacent to an activating group) is 1. The summed E-state index contributed by atoms with van der Waals surface area (Å²) in [5, 5.41) is 0. The highest BCUT2D eigenvalue weighted by Crippen LogP contribution is 2.11. The Morgan fingerprint density at radius 2 is 2.20 bits per heavy atom. The quantitative estimate of drug-likeness (QED) is 0.709. The second-order valence-electron chi connectivity index (χ2n) is 4.58. The molecule has 84 valence electrons. The number of hydrogen-bond acceptors (Lipinski definition) is 3. The molecule has 1 fully saturated rings. The first-order valence-corrected chi connectivity index (χ1v) is 5.54. The van der Waals surface area contributed by atoms with Gasteiger partial charge in [0, 0.05) is 45.5 Å². The number of imidazole rings is 1. The molecule has 0 spiro atoms. The smallest absolute Gasteiger partial charge is 0.0945 e. The van der Waals surface area contributed by atoms with Crippen LogP contribution < -0.4 is 0 Å². The SMILES string of the molecule is CC1CN(C)CCN1Cc1cncn1C. The average molecular weight is 208 g/mol. The Morgan fingerprint density at radius 1 is 1.40 bits per heavy atom. The third kappa shape index (κ3) is 2.38. The lowest BCUT2D eigenvalue weighted by molar-refractivity contribution is 0.0919. The summed E-state index contributed by atoms with van der Waals surface area (Å²) in [6.45, 7) is 6.81. The van der Waals surface area contributed by atoms with Crippen LogP contribution in [0, 0.1) is 0 Å². The van der Waals surface area contributed by atoms with Crippen LogP contribution in [0.25, 0.3) is 0 Å². The number of aryl methyl sites for hydroxylation is 1. The fraction of sp³-hybridized carbons (Fsp3) is 0.727. The summed E-state index contributed by atoms with van der Waals surface area (Å²) < 4.78 is 2.10. The summed E-state index contributed by atoms with van der Waals surface area (Å²) in [6.07, 6.45) is 3.83. The highest BCUT2D eigenvalue weighted by Gasteiger charge is 2.21. The van der Waals surface area contributed by atoms with Gasteiger partial charge in [0.1, 0.15) is 0 Å². The van der Waals surface area contributed by atoms with Crippen LogP contribution in [0.4, 0.5) is 0 Å². The van der Waals surface area contributed by atoms with Crippen LogP contribution in [0.5, 0.6) is 0 Å². The van der Waals surface area contributed by atoms with E-state index in [9.17, 15) is 0 Å². The molecule has 0 radical (unpaired) electrons. The van der Waals surface area contributed by atoms with Crippen LogP contribution in [0.1, 0.15) is 12.6 Å². The van der Waals surface area contributed by atoms with E-state index in [1.165, 1.54) is 12.2 Å². The highest BCUT2D eigenvalue weighted by atomic mass is 15.3. The molecule has 0 aliphatic carbocycles. The minimum absolute atomic E-state index is 0.638. The molecule has 1 aromatic heterocycles. The topological polar surface area (TPSA) is 24.3 Å². The molecule has 0 amide bonds. The largest absolute Gasteiger partial charge is 0.337 e. The van der Waals surface area contributed by atoms with Gasteiger partial charge >= 0.3 is 0 Å². The summed E-state index contributed by atoms with van der Waals surface area (Å²) in [5.41, 5.74) is 1.30. The van der Waals surface area contributed by atoms with Crippen molar-refractivity contribution in [1.82, 2.24) is 19.4 Å². The lowest BCUT2D eigenvalue weighted by atomic mass is 10.2. The summed E-state index contributed by atoms with van der Waals surface area (Å²) in [4.78, 5) is 9.07. The van der Waals surface area contributed by atoms with Gasteiger partial charge in [-0.2, -0.15) is 0 Å². The first kappa shape index (κ1) is 10.6. The molecule has 0 bridgehead atoms. The van der Waals surface area contributed by atoms with Crippen molar-refractivity contribution in [2.24, 2.45) is 7.05 Å². The van der Waals surface area contributed by atoms with E-state index in [-0.39, 0.29) is 0 Å². The van der Waals surface area contributed by atoms with Crippen molar-refractivity contribution in [2.45, 2.75) is 19.5 Å². The first-order chi connectivity index (χ1) is 7.16. The van der Waals surface area contributed by atoms with Crippen LogP contribution in [-0.2, 0) is 13.6 Å². The molecule has 2 rings (SSSR count). The van der Waals surface area contributed by atoms with E-state index in [1.54, 1.807) is 0 Å². The predicted molar refractivity (Wildman–Crippen MR) is 60.6 cm³/mol. The molecule has 4 heteroatoms. The molecule has 2 heterocycles. The van der Waals surface area contributed by atoms with E-state index in [0.29, 0.717) is 6.04 Å². The molecule has 0 saturated carbocycles. The van der Waals surface area contributed by atoms with Crippen molar-refractivity contribution >= 4 is 0 Å². The maximum Gasteiger partial charge on any atom is 0.0945 e. The highest BCUT2D eigenvalue weighted by molar-refractivity contribution is 4.98.